The first-order valence-corrected chi connectivity index (χ1v) is 13.5. The zero-order chi connectivity index (χ0) is 22.8. The Balaban J connectivity index is 1.60. The highest BCUT2D eigenvalue weighted by Crippen LogP contribution is 2.67. The maximum Gasteiger partial charge on any atom is 0.0594 e. The summed E-state index contributed by atoms with van der Waals surface area (Å²) in [5.41, 5.74) is 4.60. The van der Waals surface area contributed by atoms with Gasteiger partial charge in [-0.05, 0) is 103 Å². The van der Waals surface area contributed by atoms with Gasteiger partial charge >= 0.3 is 0 Å². The molecule has 0 radical (unpaired) electrons. The normalized spacial score (nSPS) is 44.2. The van der Waals surface area contributed by atoms with Crippen molar-refractivity contribution < 1.29 is 5.11 Å². The van der Waals surface area contributed by atoms with Crippen LogP contribution in [0.3, 0.4) is 0 Å². The average Bonchev–Trinajstić information content (AvgIpc) is 3.06. The first-order chi connectivity index (χ1) is 14.4. The fourth-order valence-electron chi connectivity index (χ4n) is 8.90. The zero-order valence-electron chi connectivity index (χ0n) is 21.8. The summed E-state index contributed by atoms with van der Waals surface area (Å²) in [6, 6.07) is 0. The van der Waals surface area contributed by atoms with Gasteiger partial charge in [0.15, 0.2) is 0 Å². The van der Waals surface area contributed by atoms with Gasteiger partial charge < -0.3 is 5.11 Å². The molecule has 0 bridgehead atoms. The number of hydrogen-bond acceptors (Lipinski definition) is 1. The van der Waals surface area contributed by atoms with Crippen molar-refractivity contribution in [2.24, 2.45) is 51.8 Å². The Morgan fingerprint density at radius 2 is 1.58 bits per heavy atom. The highest BCUT2D eigenvalue weighted by Gasteiger charge is 2.58. The Kier molecular flexibility index (Phi) is 6.11. The molecule has 0 aromatic carbocycles. The van der Waals surface area contributed by atoms with Crippen LogP contribution >= 0.6 is 0 Å². The zero-order valence-corrected chi connectivity index (χ0v) is 21.8. The van der Waals surface area contributed by atoms with Crippen LogP contribution in [0.1, 0.15) is 107 Å². The van der Waals surface area contributed by atoms with E-state index in [9.17, 15) is 5.11 Å². The monoisotopic (exact) mass is 426 g/mol. The molecule has 2 fully saturated rings. The lowest BCUT2D eigenvalue weighted by Crippen LogP contribution is -2.53. The molecule has 4 aliphatic rings. The predicted molar refractivity (Wildman–Crippen MR) is 133 cm³/mol. The summed E-state index contributed by atoms with van der Waals surface area (Å²) >= 11 is 0. The van der Waals surface area contributed by atoms with Crippen LogP contribution in [0, 0.1) is 51.8 Å². The van der Waals surface area contributed by atoms with Crippen molar-refractivity contribution in [2.45, 2.75) is 113 Å². The molecule has 1 nitrogen and oxygen atoms in total. The fourth-order valence-corrected chi connectivity index (χ4v) is 8.90. The first kappa shape index (κ1) is 23.6. The van der Waals surface area contributed by atoms with Gasteiger partial charge in [-0.2, -0.15) is 0 Å². The summed E-state index contributed by atoms with van der Waals surface area (Å²) in [4.78, 5) is 0. The van der Waals surface area contributed by atoms with E-state index in [0.717, 1.165) is 24.2 Å². The highest BCUT2D eigenvalue weighted by atomic mass is 16.3. The van der Waals surface area contributed by atoms with Crippen molar-refractivity contribution in [3.63, 3.8) is 0 Å². The van der Waals surface area contributed by atoms with Crippen LogP contribution in [-0.4, -0.2) is 11.2 Å². The van der Waals surface area contributed by atoms with E-state index in [0.29, 0.717) is 28.6 Å². The van der Waals surface area contributed by atoms with Crippen LogP contribution in [-0.2, 0) is 0 Å². The molecule has 0 aromatic heterocycles. The molecule has 0 aliphatic heterocycles. The second-order valence-corrected chi connectivity index (χ2v) is 13.5. The number of allylic oxidation sites excluding steroid dienone is 4. The Morgan fingerprint density at radius 1 is 0.871 bits per heavy atom. The molecule has 1 N–H and O–H groups in total. The molecule has 8 atom stereocenters. The van der Waals surface area contributed by atoms with Crippen LogP contribution in [0.25, 0.3) is 0 Å². The third kappa shape index (κ3) is 3.60. The molecule has 4 aliphatic carbocycles. The summed E-state index contributed by atoms with van der Waals surface area (Å²) in [5.74, 6) is 4.38. The van der Waals surface area contributed by atoms with E-state index < -0.39 is 0 Å². The Labute approximate surface area is 193 Å². The predicted octanol–water partition coefficient (Wildman–Crippen LogP) is 8.19. The third-order valence-electron chi connectivity index (χ3n) is 11.4. The number of rotatable bonds is 4. The minimum absolute atomic E-state index is 0.0525. The lowest BCUT2D eigenvalue weighted by molar-refractivity contribution is -0.0930. The van der Waals surface area contributed by atoms with E-state index in [-0.39, 0.29) is 11.5 Å². The van der Waals surface area contributed by atoms with Gasteiger partial charge in [-0.15, -0.1) is 0 Å². The fraction of sp³-hybridized carbons (Fsp3) is 0.867. The molecule has 0 saturated heterocycles. The van der Waals surface area contributed by atoms with Gasteiger partial charge in [-0.25, -0.2) is 0 Å². The van der Waals surface area contributed by atoms with Crippen molar-refractivity contribution >= 4 is 0 Å². The molecule has 0 spiro atoms. The molecule has 0 heterocycles. The van der Waals surface area contributed by atoms with Crippen LogP contribution in [0.2, 0.25) is 0 Å². The van der Waals surface area contributed by atoms with Gasteiger partial charge in [-0.1, -0.05) is 78.7 Å². The van der Waals surface area contributed by atoms with E-state index in [1.54, 1.807) is 0 Å². The molecule has 0 amide bonds. The van der Waals surface area contributed by atoms with Crippen molar-refractivity contribution in [3.8, 4) is 0 Å². The van der Waals surface area contributed by atoms with Crippen molar-refractivity contribution in [3.05, 3.63) is 23.3 Å². The van der Waals surface area contributed by atoms with Crippen LogP contribution in [0.15, 0.2) is 23.3 Å². The SMILES string of the molecule is CC(C)[C@@H](C)C=C[C@@H](C)[C@H]1CC[C@H]2C3=C(CC[C@]12C)[C@@]1(C)CC[C@H](O)C(C)(C)[C@@H]1CC3. The van der Waals surface area contributed by atoms with Crippen molar-refractivity contribution in [1.29, 1.82) is 0 Å². The molecule has 0 unspecified atom stereocenters. The van der Waals surface area contributed by atoms with Crippen molar-refractivity contribution in [1.82, 2.24) is 0 Å². The molecule has 176 valence electrons. The quantitative estimate of drug-likeness (QED) is 0.449. The largest absolute Gasteiger partial charge is 0.393 e. The summed E-state index contributed by atoms with van der Waals surface area (Å²) in [6.45, 7) is 19.5. The van der Waals surface area contributed by atoms with Crippen LogP contribution < -0.4 is 0 Å². The van der Waals surface area contributed by atoms with Crippen molar-refractivity contribution in [2.75, 3.05) is 0 Å². The van der Waals surface area contributed by atoms with E-state index in [2.05, 4.69) is 67.5 Å². The lowest BCUT2D eigenvalue weighted by Gasteiger charge is -2.60. The number of hydrogen-bond donors (Lipinski definition) is 1. The summed E-state index contributed by atoms with van der Waals surface area (Å²) < 4.78 is 0. The van der Waals surface area contributed by atoms with Crippen LogP contribution in [0.4, 0.5) is 0 Å². The third-order valence-corrected chi connectivity index (χ3v) is 11.4. The molecule has 1 heteroatoms. The van der Waals surface area contributed by atoms with Gasteiger partial charge in [-0.3, -0.25) is 0 Å². The summed E-state index contributed by atoms with van der Waals surface area (Å²) in [5, 5.41) is 10.8. The second kappa shape index (κ2) is 8.03. The topological polar surface area (TPSA) is 20.2 Å². The highest BCUT2D eigenvalue weighted by molar-refractivity contribution is 5.35. The number of aliphatic hydroxyl groups is 1. The number of aliphatic hydroxyl groups excluding tert-OH is 1. The number of fused-ring (bicyclic) bond motifs is 4. The van der Waals surface area contributed by atoms with E-state index >= 15 is 0 Å². The summed E-state index contributed by atoms with van der Waals surface area (Å²) in [6.07, 6.45) is 15.2. The Morgan fingerprint density at radius 3 is 2.26 bits per heavy atom. The molecule has 31 heavy (non-hydrogen) atoms. The van der Waals surface area contributed by atoms with Crippen LogP contribution in [0.5, 0.6) is 0 Å². The lowest BCUT2D eigenvalue weighted by atomic mass is 9.46. The van der Waals surface area contributed by atoms with Gasteiger partial charge in [0.05, 0.1) is 6.10 Å². The van der Waals surface area contributed by atoms with E-state index in [1.165, 1.54) is 44.9 Å². The minimum atomic E-state index is -0.127. The summed E-state index contributed by atoms with van der Waals surface area (Å²) in [7, 11) is 0. The van der Waals surface area contributed by atoms with Gasteiger partial charge in [0.2, 0.25) is 0 Å². The van der Waals surface area contributed by atoms with Gasteiger partial charge in [0.1, 0.15) is 0 Å². The van der Waals surface area contributed by atoms with E-state index in [1.807, 2.05) is 11.1 Å². The van der Waals surface area contributed by atoms with Gasteiger partial charge in [0.25, 0.3) is 0 Å². The molecular weight excluding hydrogens is 376 g/mol. The molecule has 2 saturated carbocycles. The molecular formula is C30H50O. The Hall–Kier alpha value is -0.560. The minimum Gasteiger partial charge on any atom is -0.393 e. The maximum atomic E-state index is 10.8. The molecule has 4 rings (SSSR count). The first-order valence-electron chi connectivity index (χ1n) is 13.5. The van der Waals surface area contributed by atoms with E-state index in [4.69, 9.17) is 0 Å². The molecule has 0 aromatic rings. The average molecular weight is 427 g/mol. The Bertz CT molecular complexity index is 742. The second-order valence-electron chi connectivity index (χ2n) is 13.5. The standard InChI is InChI=1S/C30H50O/c1-19(2)20(3)9-10-21(4)23-12-13-24-22-11-14-26-28(5,6)27(31)16-18-30(26,8)25(22)15-17-29(23,24)7/h9-10,19-21,23-24,26-27,31H,11-18H2,1-8H3/t20-,21+,23+,24-,26-,27-,29+,30+/m0/s1. The smallest absolute Gasteiger partial charge is 0.0594 e. The maximum absolute atomic E-state index is 10.8. The van der Waals surface area contributed by atoms with Gasteiger partial charge in [0, 0.05) is 0 Å².